The van der Waals surface area contributed by atoms with E-state index in [-0.39, 0.29) is 16.6 Å². The number of hydrogen-bond acceptors (Lipinski definition) is 1. The maximum atomic E-state index is 12.2. The van der Waals surface area contributed by atoms with Gasteiger partial charge >= 0.3 is 6.18 Å². The molecule has 2 N–H and O–H groups in total. The lowest BCUT2D eigenvalue weighted by Crippen LogP contribution is -2.07. The molecule has 0 saturated carbocycles. The minimum Gasteiger partial charge on any atom is -0.398 e. The normalized spacial score (nSPS) is 11.8. The van der Waals surface area contributed by atoms with Gasteiger partial charge in [-0.25, -0.2) is 0 Å². The molecule has 0 amide bonds. The van der Waals surface area contributed by atoms with Gasteiger partial charge in [0.2, 0.25) is 0 Å². The predicted octanol–water partition coefficient (Wildman–Crippen LogP) is 3.68. The van der Waals surface area contributed by atoms with E-state index in [9.17, 15) is 13.2 Å². The Morgan fingerprint density at radius 2 is 1.86 bits per heavy atom. The Kier molecular flexibility index (Phi) is 3.17. The van der Waals surface area contributed by atoms with Crippen molar-refractivity contribution in [3.8, 4) is 0 Å². The van der Waals surface area contributed by atoms with Crippen molar-refractivity contribution < 1.29 is 13.2 Å². The van der Waals surface area contributed by atoms with Crippen LogP contribution in [0.15, 0.2) is 12.1 Å². The lowest BCUT2D eigenvalue weighted by molar-refractivity contribution is -0.137. The van der Waals surface area contributed by atoms with Crippen LogP contribution >= 0.6 is 23.2 Å². The van der Waals surface area contributed by atoms with Crippen molar-refractivity contribution in [3.05, 3.63) is 28.3 Å². The van der Waals surface area contributed by atoms with E-state index in [1.807, 2.05) is 0 Å². The number of anilines is 1. The number of nitrogens with two attached hydrogens (primary N) is 1. The fourth-order valence-corrected chi connectivity index (χ4v) is 1.62. The van der Waals surface area contributed by atoms with E-state index in [0.29, 0.717) is 5.56 Å². The number of alkyl halides is 4. The maximum absolute atomic E-state index is 12.2. The maximum Gasteiger partial charge on any atom is 0.416 e. The summed E-state index contributed by atoms with van der Waals surface area (Å²) in [6.45, 7) is 0. The first-order valence-electron chi connectivity index (χ1n) is 3.57. The molecule has 1 rings (SSSR count). The summed E-state index contributed by atoms with van der Waals surface area (Å²) in [6, 6.07) is 1.64. The van der Waals surface area contributed by atoms with Gasteiger partial charge in [0.05, 0.1) is 11.4 Å². The average molecular weight is 244 g/mol. The Labute approximate surface area is 88.6 Å². The summed E-state index contributed by atoms with van der Waals surface area (Å²) in [5.74, 6) is -0.0111. The summed E-state index contributed by atoms with van der Waals surface area (Å²) in [5.41, 5.74) is 4.77. The minimum atomic E-state index is -4.44. The third kappa shape index (κ3) is 2.25. The second kappa shape index (κ2) is 3.87. The molecule has 0 saturated heterocycles. The van der Waals surface area contributed by atoms with Gasteiger partial charge in [0.1, 0.15) is 0 Å². The summed E-state index contributed by atoms with van der Waals surface area (Å²) >= 11 is 11.0. The van der Waals surface area contributed by atoms with Crippen LogP contribution in [0, 0.1) is 0 Å². The molecule has 0 atom stereocenters. The van der Waals surface area contributed by atoms with Crippen LogP contribution in [0.4, 0.5) is 18.9 Å². The Morgan fingerprint density at radius 1 is 1.29 bits per heavy atom. The molecule has 0 heterocycles. The molecule has 1 nitrogen and oxygen atoms in total. The number of halogens is 5. The summed E-state index contributed by atoms with van der Waals surface area (Å²) in [7, 11) is 0. The molecule has 0 unspecified atom stereocenters. The van der Waals surface area contributed by atoms with Crippen LogP contribution in [0.25, 0.3) is 0 Å². The van der Waals surface area contributed by atoms with E-state index >= 15 is 0 Å². The second-order valence-electron chi connectivity index (χ2n) is 2.66. The number of rotatable bonds is 1. The van der Waals surface area contributed by atoms with Crippen molar-refractivity contribution >= 4 is 28.9 Å². The highest BCUT2D eigenvalue weighted by Crippen LogP contribution is 2.35. The Balaban J connectivity index is 3.28. The molecule has 0 fully saturated rings. The molecular weight excluding hydrogens is 238 g/mol. The first-order chi connectivity index (χ1) is 6.36. The van der Waals surface area contributed by atoms with Gasteiger partial charge in [0.15, 0.2) is 0 Å². The quantitative estimate of drug-likeness (QED) is 0.591. The van der Waals surface area contributed by atoms with Crippen molar-refractivity contribution in [1.82, 2.24) is 0 Å². The summed E-state index contributed by atoms with van der Waals surface area (Å²) in [5, 5.41) is -0.0627. The predicted molar refractivity (Wildman–Crippen MR) is 50.4 cm³/mol. The van der Waals surface area contributed by atoms with Crippen LogP contribution in [0.2, 0.25) is 5.02 Å². The number of benzene rings is 1. The van der Waals surface area contributed by atoms with Gasteiger partial charge in [-0.3, -0.25) is 0 Å². The third-order valence-corrected chi connectivity index (χ3v) is 2.30. The van der Waals surface area contributed by atoms with Gasteiger partial charge in [-0.05, 0) is 12.1 Å². The highest BCUT2D eigenvalue weighted by atomic mass is 35.5. The van der Waals surface area contributed by atoms with Crippen LogP contribution in [0.1, 0.15) is 11.1 Å². The fraction of sp³-hybridized carbons (Fsp3) is 0.250. The largest absolute Gasteiger partial charge is 0.416 e. The molecule has 1 aromatic carbocycles. The van der Waals surface area contributed by atoms with Gasteiger partial charge < -0.3 is 5.73 Å². The first kappa shape index (κ1) is 11.5. The van der Waals surface area contributed by atoms with Gasteiger partial charge in [-0.15, -0.1) is 11.6 Å². The molecule has 0 aromatic heterocycles. The second-order valence-corrected chi connectivity index (χ2v) is 3.33. The van der Waals surface area contributed by atoms with Crippen molar-refractivity contribution in [2.24, 2.45) is 0 Å². The molecule has 14 heavy (non-hydrogen) atoms. The summed E-state index contributed by atoms with van der Waals surface area (Å²) < 4.78 is 36.7. The number of nitrogen functional groups attached to an aromatic ring is 1. The van der Waals surface area contributed by atoms with Crippen LogP contribution in [0.3, 0.4) is 0 Å². The highest BCUT2D eigenvalue weighted by Gasteiger charge is 2.31. The Bertz CT molecular complexity index is 326. The monoisotopic (exact) mass is 243 g/mol. The topological polar surface area (TPSA) is 26.0 Å². The van der Waals surface area contributed by atoms with E-state index in [2.05, 4.69) is 0 Å². The van der Waals surface area contributed by atoms with Crippen LogP contribution < -0.4 is 5.73 Å². The molecule has 0 spiro atoms. The molecule has 0 aliphatic carbocycles. The zero-order valence-corrected chi connectivity index (χ0v) is 8.34. The molecule has 78 valence electrons. The third-order valence-electron chi connectivity index (χ3n) is 1.69. The van der Waals surface area contributed by atoms with Crippen LogP contribution in [-0.4, -0.2) is 0 Å². The van der Waals surface area contributed by atoms with Crippen molar-refractivity contribution in [2.75, 3.05) is 5.73 Å². The highest BCUT2D eigenvalue weighted by molar-refractivity contribution is 6.32. The van der Waals surface area contributed by atoms with E-state index in [4.69, 9.17) is 28.9 Å². The molecule has 0 aliphatic heterocycles. The van der Waals surface area contributed by atoms with E-state index in [0.717, 1.165) is 12.1 Å². The lowest BCUT2D eigenvalue weighted by Gasteiger charge is -2.11. The van der Waals surface area contributed by atoms with Gasteiger partial charge in [-0.2, -0.15) is 13.2 Å². The fourth-order valence-electron chi connectivity index (χ4n) is 0.962. The van der Waals surface area contributed by atoms with Crippen LogP contribution in [0.5, 0.6) is 0 Å². The van der Waals surface area contributed by atoms with Gasteiger partial charge in [0.25, 0.3) is 0 Å². The lowest BCUT2D eigenvalue weighted by atomic mass is 10.1. The average Bonchev–Trinajstić information content (AvgIpc) is 2.01. The Hall–Kier alpha value is -0.610. The first-order valence-corrected chi connectivity index (χ1v) is 4.48. The molecule has 0 aliphatic rings. The minimum absolute atomic E-state index is 0.0111. The van der Waals surface area contributed by atoms with E-state index < -0.39 is 11.7 Å². The van der Waals surface area contributed by atoms with E-state index in [1.54, 1.807) is 0 Å². The molecular formula is C8H6Cl2F3N. The van der Waals surface area contributed by atoms with Gasteiger partial charge in [-0.1, -0.05) is 11.6 Å². The summed E-state index contributed by atoms with van der Waals surface area (Å²) in [6.07, 6.45) is -4.44. The number of hydrogen-bond donors (Lipinski definition) is 1. The molecule has 1 aromatic rings. The van der Waals surface area contributed by atoms with Crippen LogP contribution in [-0.2, 0) is 12.1 Å². The zero-order valence-electron chi connectivity index (χ0n) is 6.83. The smallest absolute Gasteiger partial charge is 0.398 e. The molecule has 0 bridgehead atoms. The zero-order chi connectivity index (χ0) is 10.9. The van der Waals surface area contributed by atoms with Crippen molar-refractivity contribution in [3.63, 3.8) is 0 Å². The van der Waals surface area contributed by atoms with Crippen molar-refractivity contribution in [2.45, 2.75) is 12.1 Å². The summed E-state index contributed by atoms with van der Waals surface area (Å²) in [4.78, 5) is 0. The molecule has 6 heteroatoms. The van der Waals surface area contributed by atoms with Gasteiger partial charge in [0, 0.05) is 16.3 Å². The standard InChI is InChI=1S/C8H6Cl2F3N/c9-3-5-6(10)1-4(2-7(5)14)8(11,12)13/h1-2H,3,14H2. The molecule has 0 radical (unpaired) electrons. The Morgan fingerprint density at radius 3 is 2.21 bits per heavy atom. The van der Waals surface area contributed by atoms with E-state index in [1.165, 1.54) is 0 Å². The van der Waals surface area contributed by atoms with Crippen molar-refractivity contribution in [1.29, 1.82) is 0 Å². The SMILES string of the molecule is Nc1cc(C(F)(F)F)cc(Cl)c1CCl.